The molecule has 0 saturated heterocycles. The number of ether oxygens (including phenoxy) is 2. The van der Waals surface area contributed by atoms with Gasteiger partial charge < -0.3 is 24.8 Å². The van der Waals surface area contributed by atoms with Crippen molar-refractivity contribution < 1.29 is 19.4 Å². The second kappa shape index (κ2) is 11.3. The zero-order valence-electron chi connectivity index (χ0n) is 19.9. The standard InChI is InChI=1S/C25H30N4O5/c1-28(2)13-14-29-20(15-17-9-6-5-7-10-17)27-21(22(30)25(29)32)24(31)26-16-18-11-8-12-19(33-3)23(18)34-4/h5-12,30H,13-16H2,1-4H3,(H,26,31). The van der Waals surface area contributed by atoms with E-state index in [1.54, 1.807) is 18.2 Å². The lowest BCUT2D eigenvalue weighted by Crippen LogP contribution is -2.33. The Kier molecular flexibility index (Phi) is 8.26. The van der Waals surface area contributed by atoms with E-state index in [0.29, 0.717) is 42.4 Å². The molecule has 9 nitrogen and oxygen atoms in total. The summed E-state index contributed by atoms with van der Waals surface area (Å²) in [7, 11) is 6.83. The highest BCUT2D eigenvalue weighted by molar-refractivity contribution is 5.94. The van der Waals surface area contributed by atoms with Crippen LogP contribution in [0.4, 0.5) is 0 Å². The molecule has 0 aliphatic carbocycles. The van der Waals surface area contributed by atoms with E-state index < -0.39 is 17.2 Å². The van der Waals surface area contributed by atoms with Gasteiger partial charge in [0.2, 0.25) is 5.75 Å². The van der Waals surface area contributed by atoms with Gasteiger partial charge in [-0.3, -0.25) is 14.2 Å². The van der Waals surface area contributed by atoms with Crippen LogP contribution in [-0.4, -0.2) is 60.3 Å². The van der Waals surface area contributed by atoms with E-state index in [2.05, 4.69) is 10.3 Å². The summed E-state index contributed by atoms with van der Waals surface area (Å²) in [6.45, 7) is 1.000. The summed E-state index contributed by atoms with van der Waals surface area (Å²) < 4.78 is 12.1. The quantitative estimate of drug-likeness (QED) is 0.471. The van der Waals surface area contributed by atoms with Crippen LogP contribution in [0.25, 0.3) is 0 Å². The fourth-order valence-corrected chi connectivity index (χ4v) is 3.54. The molecule has 3 rings (SSSR count). The minimum atomic E-state index is -0.675. The van der Waals surface area contributed by atoms with Crippen LogP contribution in [0, 0.1) is 0 Å². The number of methoxy groups -OCH3 is 2. The molecular weight excluding hydrogens is 436 g/mol. The number of carbonyl (C=O) groups is 1. The van der Waals surface area contributed by atoms with Gasteiger partial charge >= 0.3 is 0 Å². The molecule has 34 heavy (non-hydrogen) atoms. The van der Waals surface area contributed by atoms with E-state index >= 15 is 0 Å². The van der Waals surface area contributed by atoms with Gasteiger partial charge in [0.15, 0.2) is 17.2 Å². The molecule has 0 spiro atoms. The third kappa shape index (κ3) is 5.74. The molecule has 0 radical (unpaired) electrons. The van der Waals surface area contributed by atoms with E-state index in [1.807, 2.05) is 49.3 Å². The Hall–Kier alpha value is -3.85. The third-order valence-corrected chi connectivity index (χ3v) is 5.34. The van der Waals surface area contributed by atoms with Gasteiger partial charge in [0.1, 0.15) is 5.82 Å². The van der Waals surface area contributed by atoms with E-state index in [4.69, 9.17) is 9.47 Å². The molecule has 0 unspecified atom stereocenters. The molecule has 0 aliphatic heterocycles. The second-order valence-corrected chi connectivity index (χ2v) is 7.98. The highest BCUT2D eigenvalue weighted by atomic mass is 16.5. The van der Waals surface area contributed by atoms with Crippen LogP contribution < -0.4 is 20.3 Å². The van der Waals surface area contributed by atoms with Gasteiger partial charge in [-0.2, -0.15) is 0 Å². The molecule has 0 bridgehead atoms. The lowest BCUT2D eigenvalue weighted by molar-refractivity contribution is 0.0941. The van der Waals surface area contributed by atoms with Crippen molar-refractivity contribution >= 4 is 5.91 Å². The topological polar surface area (TPSA) is 106 Å². The van der Waals surface area contributed by atoms with Gasteiger partial charge in [0, 0.05) is 31.6 Å². The van der Waals surface area contributed by atoms with Gasteiger partial charge in [-0.25, -0.2) is 4.98 Å². The lowest BCUT2D eigenvalue weighted by atomic mass is 10.1. The van der Waals surface area contributed by atoms with Crippen molar-refractivity contribution in [1.82, 2.24) is 19.8 Å². The van der Waals surface area contributed by atoms with Gasteiger partial charge in [0.25, 0.3) is 11.5 Å². The first-order valence-electron chi connectivity index (χ1n) is 10.8. The van der Waals surface area contributed by atoms with Crippen molar-refractivity contribution in [3.63, 3.8) is 0 Å². The highest BCUT2D eigenvalue weighted by Gasteiger charge is 2.22. The predicted octanol–water partition coefficient (Wildman–Crippen LogP) is 2.05. The zero-order chi connectivity index (χ0) is 24.7. The molecule has 0 fully saturated rings. The molecule has 1 aromatic heterocycles. The molecule has 1 heterocycles. The summed E-state index contributed by atoms with van der Waals surface area (Å²) in [4.78, 5) is 32.3. The smallest absolute Gasteiger partial charge is 0.296 e. The Morgan fingerprint density at radius 1 is 1.09 bits per heavy atom. The summed E-state index contributed by atoms with van der Waals surface area (Å²) in [5, 5.41) is 13.3. The van der Waals surface area contributed by atoms with Gasteiger partial charge in [-0.1, -0.05) is 42.5 Å². The summed E-state index contributed by atoms with van der Waals surface area (Å²) in [5.74, 6) is 0.0920. The number of aromatic nitrogens is 2. The molecular formula is C25H30N4O5. The molecule has 0 saturated carbocycles. The second-order valence-electron chi connectivity index (χ2n) is 7.98. The summed E-state index contributed by atoms with van der Waals surface area (Å²) in [6.07, 6.45) is 0.341. The number of carbonyl (C=O) groups excluding carboxylic acids is 1. The maximum absolute atomic E-state index is 13.0. The number of likely N-dealkylation sites (N-methyl/N-ethyl adjacent to an activating group) is 1. The molecule has 0 aliphatic rings. The largest absolute Gasteiger partial charge is 0.501 e. The Morgan fingerprint density at radius 2 is 1.82 bits per heavy atom. The average molecular weight is 467 g/mol. The van der Waals surface area contributed by atoms with E-state index in [9.17, 15) is 14.7 Å². The maximum Gasteiger partial charge on any atom is 0.296 e. The maximum atomic E-state index is 13.0. The van der Waals surface area contributed by atoms with Crippen molar-refractivity contribution in [2.24, 2.45) is 0 Å². The highest BCUT2D eigenvalue weighted by Crippen LogP contribution is 2.30. The molecule has 2 aromatic carbocycles. The number of benzene rings is 2. The summed E-state index contributed by atoms with van der Waals surface area (Å²) >= 11 is 0. The first-order chi connectivity index (χ1) is 16.3. The number of rotatable bonds is 10. The Bertz CT molecular complexity index is 1190. The Morgan fingerprint density at radius 3 is 2.47 bits per heavy atom. The molecule has 3 aromatic rings. The molecule has 0 atom stereocenters. The molecule has 1 amide bonds. The average Bonchev–Trinajstić information content (AvgIpc) is 2.84. The van der Waals surface area contributed by atoms with Gasteiger partial charge in [0.05, 0.1) is 14.2 Å². The number of nitrogens with one attached hydrogen (secondary N) is 1. The number of amides is 1. The Balaban J connectivity index is 1.93. The zero-order valence-corrected chi connectivity index (χ0v) is 19.9. The van der Waals surface area contributed by atoms with Crippen molar-refractivity contribution in [3.05, 3.63) is 81.5 Å². The number of aromatic hydroxyl groups is 1. The van der Waals surface area contributed by atoms with Crippen molar-refractivity contribution in [2.45, 2.75) is 19.5 Å². The molecule has 9 heteroatoms. The monoisotopic (exact) mass is 466 g/mol. The van der Waals surface area contributed by atoms with Crippen LogP contribution in [0.3, 0.4) is 0 Å². The van der Waals surface area contributed by atoms with Crippen LogP contribution in [0.5, 0.6) is 17.2 Å². The lowest BCUT2D eigenvalue weighted by Gasteiger charge is -2.17. The SMILES string of the molecule is COc1cccc(CNC(=O)c2nc(Cc3ccccc3)n(CCN(C)C)c(=O)c2O)c1OC. The summed E-state index contributed by atoms with van der Waals surface area (Å²) in [5.41, 5.74) is 0.662. The van der Waals surface area contributed by atoms with Crippen molar-refractivity contribution in [2.75, 3.05) is 34.9 Å². The number of hydrogen-bond donors (Lipinski definition) is 2. The molecule has 180 valence electrons. The normalized spacial score (nSPS) is 10.9. The van der Waals surface area contributed by atoms with Crippen LogP contribution >= 0.6 is 0 Å². The van der Waals surface area contributed by atoms with Gasteiger partial charge in [-0.15, -0.1) is 0 Å². The summed E-state index contributed by atoms with van der Waals surface area (Å²) in [6, 6.07) is 14.9. The van der Waals surface area contributed by atoms with Crippen LogP contribution in [-0.2, 0) is 19.5 Å². The fourth-order valence-electron chi connectivity index (χ4n) is 3.54. The van der Waals surface area contributed by atoms with Gasteiger partial charge in [-0.05, 0) is 25.7 Å². The minimum absolute atomic E-state index is 0.0953. The van der Waals surface area contributed by atoms with Crippen LogP contribution in [0.1, 0.15) is 27.4 Å². The Labute approximate surface area is 198 Å². The van der Waals surface area contributed by atoms with Crippen LogP contribution in [0.2, 0.25) is 0 Å². The fraction of sp³-hybridized carbons (Fsp3) is 0.320. The van der Waals surface area contributed by atoms with Crippen molar-refractivity contribution in [3.8, 4) is 17.2 Å². The van der Waals surface area contributed by atoms with E-state index in [-0.39, 0.29) is 12.2 Å². The van der Waals surface area contributed by atoms with Crippen molar-refractivity contribution in [1.29, 1.82) is 0 Å². The minimum Gasteiger partial charge on any atom is -0.501 e. The predicted molar refractivity (Wildman–Crippen MR) is 129 cm³/mol. The first kappa shape index (κ1) is 24.8. The molecule has 2 N–H and O–H groups in total. The van der Waals surface area contributed by atoms with E-state index in [1.165, 1.54) is 18.8 Å². The first-order valence-corrected chi connectivity index (χ1v) is 10.8. The number of para-hydroxylation sites is 1. The van der Waals surface area contributed by atoms with Crippen LogP contribution in [0.15, 0.2) is 53.3 Å². The number of nitrogens with zero attached hydrogens (tertiary/aromatic N) is 3. The number of hydrogen-bond acceptors (Lipinski definition) is 7. The van der Waals surface area contributed by atoms with E-state index in [0.717, 1.165) is 5.56 Å². The third-order valence-electron chi connectivity index (χ3n) is 5.34.